The van der Waals surface area contributed by atoms with E-state index in [2.05, 4.69) is 15.5 Å². The normalized spacial score (nSPS) is 19.2. The van der Waals surface area contributed by atoms with Crippen molar-refractivity contribution < 1.29 is 14.7 Å². The first-order valence-corrected chi connectivity index (χ1v) is 7.03. The van der Waals surface area contributed by atoms with Gasteiger partial charge in [0.15, 0.2) is 0 Å². The number of hydrogen-bond donors (Lipinski definition) is 2. The van der Waals surface area contributed by atoms with E-state index in [-0.39, 0.29) is 12.6 Å². The van der Waals surface area contributed by atoms with Crippen molar-refractivity contribution in [3.8, 4) is 0 Å². The molecule has 7 nitrogen and oxygen atoms in total. The molecule has 0 radical (unpaired) electrons. The van der Waals surface area contributed by atoms with Crippen LogP contribution in [-0.2, 0) is 11.2 Å². The van der Waals surface area contributed by atoms with Crippen LogP contribution in [0.25, 0.3) is 0 Å². The molecule has 19 heavy (non-hydrogen) atoms. The van der Waals surface area contributed by atoms with Gasteiger partial charge in [-0.1, -0.05) is 18.3 Å². The minimum atomic E-state index is -0.846. The van der Waals surface area contributed by atoms with E-state index < -0.39 is 11.9 Å². The molecule has 2 amide bonds. The van der Waals surface area contributed by atoms with Crippen molar-refractivity contribution in [2.24, 2.45) is 5.92 Å². The number of piperidine rings is 1. The highest BCUT2D eigenvalue weighted by Gasteiger charge is 2.28. The van der Waals surface area contributed by atoms with Gasteiger partial charge >= 0.3 is 12.0 Å². The molecule has 1 aromatic heterocycles. The van der Waals surface area contributed by atoms with Crippen molar-refractivity contribution in [2.45, 2.75) is 26.2 Å². The lowest BCUT2D eigenvalue weighted by Crippen LogP contribution is -2.44. The maximum absolute atomic E-state index is 12.0. The summed E-state index contributed by atoms with van der Waals surface area (Å²) in [5.74, 6) is -1.32. The predicted octanol–water partition coefficient (Wildman–Crippen LogP) is 1.43. The molecule has 0 bridgehead atoms. The molecule has 1 aliphatic rings. The second-order valence-electron chi connectivity index (χ2n) is 4.41. The molecule has 0 unspecified atom stereocenters. The highest BCUT2D eigenvalue weighted by molar-refractivity contribution is 7.15. The SMILES string of the molecule is CCc1nnc(NC(=O)N2CCC[C@@H](C(=O)O)C2)s1. The van der Waals surface area contributed by atoms with Crippen LogP contribution in [0.15, 0.2) is 0 Å². The van der Waals surface area contributed by atoms with Crippen molar-refractivity contribution >= 4 is 28.5 Å². The molecule has 1 aromatic rings. The van der Waals surface area contributed by atoms with E-state index in [0.29, 0.717) is 24.5 Å². The summed E-state index contributed by atoms with van der Waals surface area (Å²) in [5.41, 5.74) is 0. The Labute approximate surface area is 114 Å². The Kier molecular flexibility index (Phi) is 4.31. The molecule has 1 aliphatic heterocycles. The summed E-state index contributed by atoms with van der Waals surface area (Å²) in [7, 11) is 0. The first kappa shape index (κ1) is 13.7. The highest BCUT2D eigenvalue weighted by atomic mass is 32.1. The van der Waals surface area contributed by atoms with Crippen LogP contribution in [-0.4, -0.2) is 45.3 Å². The summed E-state index contributed by atoms with van der Waals surface area (Å²) < 4.78 is 0. The van der Waals surface area contributed by atoms with Crippen molar-refractivity contribution in [1.82, 2.24) is 15.1 Å². The Morgan fingerprint density at radius 2 is 2.32 bits per heavy atom. The van der Waals surface area contributed by atoms with Gasteiger partial charge in [-0.2, -0.15) is 0 Å². The first-order chi connectivity index (χ1) is 9.10. The zero-order chi connectivity index (χ0) is 13.8. The maximum atomic E-state index is 12.0. The number of amides is 2. The average molecular weight is 284 g/mol. The van der Waals surface area contributed by atoms with Crippen LogP contribution >= 0.6 is 11.3 Å². The van der Waals surface area contributed by atoms with E-state index in [0.717, 1.165) is 11.4 Å². The third-order valence-electron chi connectivity index (χ3n) is 3.04. The number of rotatable bonds is 3. The van der Waals surface area contributed by atoms with Crippen molar-refractivity contribution in [3.63, 3.8) is 0 Å². The number of carbonyl (C=O) groups excluding carboxylic acids is 1. The van der Waals surface area contributed by atoms with Crippen LogP contribution in [0.2, 0.25) is 0 Å². The van der Waals surface area contributed by atoms with Crippen molar-refractivity contribution in [3.05, 3.63) is 5.01 Å². The predicted molar refractivity (Wildman–Crippen MR) is 70.2 cm³/mol. The van der Waals surface area contributed by atoms with Gasteiger partial charge in [0.2, 0.25) is 5.13 Å². The number of carboxylic acid groups (broad SMARTS) is 1. The van der Waals surface area contributed by atoms with Crippen LogP contribution in [0.3, 0.4) is 0 Å². The molecule has 0 aromatic carbocycles. The lowest BCUT2D eigenvalue weighted by molar-refractivity contribution is -0.143. The van der Waals surface area contributed by atoms with E-state index in [1.54, 1.807) is 0 Å². The highest BCUT2D eigenvalue weighted by Crippen LogP contribution is 2.19. The molecular weight excluding hydrogens is 268 g/mol. The summed E-state index contributed by atoms with van der Waals surface area (Å²) in [6, 6.07) is -0.301. The Hall–Kier alpha value is -1.70. The summed E-state index contributed by atoms with van der Waals surface area (Å²) in [6.45, 7) is 2.80. The van der Waals surface area contributed by atoms with Crippen molar-refractivity contribution in [1.29, 1.82) is 0 Å². The smallest absolute Gasteiger partial charge is 0.323 e. The molecule has 2 N–H and O–H groups in total. The van der Waals surface area contributed by atoms with Gasteiger partial charge in [0.05, 0.1) is 5.92 Å². The van der Waals surface area contributed by atoms with Gasteiger partial charge in [-0.05, 0) is 19.3 Å². The molecule has 1 saturated heterocycles. The molecule has 2 heterocycles. The summed E-state index contributed by atoms with van der Waals surface area (Å²) >= 11 is 1.34. The Morgan fingerprint density at radius 1 is 1.53 bits per heavy atom. The van der Waals surface area contributed by atoms with E-state index >= 15 is 0 Å². The number of aromatic nitrogens is 2. The summed E-state index contributed by atoms with van der Waals surface area (Å²) in [5, 5.41) is 20.8. The van der Waals surface area contributed by atoms with Crippen LogP contribution in [0, 0.1) is 5.92 Å². The summed E-state index contributed by atoms with van der Waals surface area (Å²) in [6.07, 6.45) is 2.11. The molecule has 0 aliphatic carbocycles. The van der Waals surface area contributed by atoms with E-state index in [1.165, 1.54) is 16.2 Å². The molecule has 104 valence electrons. The lowest BCUT2D eigenvalue weighted by Gasteiger charge is -2.30. The number of nitrogens with one attached hydrogen (secondary N) is 1. The van der Waals surface area contributed by atoms with Crippen LogP contribution < -0.4 is 5.32 Å². The molecule has 1 atom stereocenters. The number of carboxylic acids is 1. The zero-order valence-electron chi connectivity index (χ0n) is 10.6. The third-order valence-corrected chi connectivity index (χ3v) is 4.02. The zero-order valence-corrected chi connectivity index (χ0v) is 11.4. The molecule has 1 fully saturated rings. The minimum Gasteiger partial charge on any atom is -0.481 e. The fourth-order valence-corrected chi connectivity index (χ4v) is 2.65. The molecule has 0 spiro atoms. The van der Waals surface area contributed by atoms with Gasteiger partial charge in [0.25, 0.3) is 0 Å². The Morgan fingerprint density at radius 3 is 2.95 bits per heavy atom. The first-order valence-electron chi connectivity index (χ1n) is 6.21. The van der Waals surface area contributed by atoms with E-state index in [4.69, 9.17) is 5.11 Å². The number of hydrogen-bond acceptors (Lipinski definition) is 5. The Bertz CT molecular complexity index is 476. The summed E-state index contributed by atoms with van der Waals surface area (Å²) in [4.78, 5) is 24.5. The second kappa shape index (κ2) is 5.96. The van der Waals surface area contributed by atoms with E-state index in [9.17, 15) is 9.59 Å². The lowest BCUT2D eigenvalue weighted by atomic mass is 9.99. The van der Waals surface area contributed by atoms with E-state index in [1.807, 2.05) is 6.92 Å². The van der Waals surface area contributed by atoms with Gasteiger partial charge in [-0.15, -0.1) is 10.2 Å². The van der Waals surface area contributed by atoms with Gasteiger partial charge in [0.1, 0.15) is 5.01 Å². The van der Waals surface area contributed by atoms with Gasteiger partial charge in [0, 0.05) is 13.1 Å². The topological polar surface area (TPSA) is 95.4 Å². The molecule has 2 rings (SSSR count). The number of carbonyl (C=O) groups is 2. The standard InChI is InChI=1S/C11H16N4O3S/c1-2-8-13-14-10(19-8)12-11(18)15-5-3-4-7(6-15)9(16)17/h7H,2-6H2,1H3,(H,16,17)(H,12,14,18)/t7-/m1/s1. The van der Waals surface area contributed by atoms with Gasteiger partial charge in [-0.25, -0.2) is 4.79 Å². The number of urea groups is 1. The van der Waals surface area contributed by atoms with Crippen LogP contribution in [0.5, 0.6) is 0 Å². The average Bonchev–Trinajstić information content (AvgIpc) is 2.86. The number of anilines is 1. The maximum Gasteiger partial charge on any atom is 0.323 e. The van der Waals surface area contributed by atoms with Gasteiger partial charge in [-0.3, -0.25) is 10.1 Å². The fraction of sp³-hybridized carbons (Fsp3) is 0.636. The second-order valence-corrected chi connectivity index (χ2v) is 5.47. The fourth-order valence-electron chi connectivity index (χ4n) is 1.98. The largest absolute Gasteiger partial charge is 0.481 e. The Balaban J connectivity index is 1.93. The van der Waals surface area contributed by atoms with Crippen LogP contribution in [0.4, 0.5) is 9.93 Å². The molecule has 0 saturated carbocycles. The third kappa shape index (κ3) is 3.40. The quantitative estimate of drug-likeness (QED) is 0.875. The van der Waals surface area contributed by atoms with Gasteiger partial charge < -0.3 is 10.0 Å². The van der Waals surface area contributed by atoms with Crippen LogP contribution in [0.1, 0.15) is 24.8 Å². The molecule has 8 heteroatoms. The molecular formula is C11H16N4O3S. The number of likely N-dealkylation sites (tertiary alicyclic amines) is 1. The number of aryl methyl sites for hydroxylation is 1. The number of aliphatic carboxylic acids is 1. The van der Waals surface area contributed by atoms with Crippen molar-refractivity contribution in [2.75, 3.05) is 18.4 Å². The minimum absolute atomic E-state index is 0.251. The monoisotopic (exact) mass is 284 g/mol. The number of nitrogens with zero attached hydrogens (tertiary/aromatic N) is 3.